The van der Waals surface area contributed by atoms with Crippen LogP contribution in [0.25, 0.3) is 16.8 Å². The highest BCUT2D eigenvalue weighted by atomic mass is 16.5. The second-order valence-electron chi connectivity index (χ2n) is 7.14. The topological polar surface area (TPSA) is 90.2 Å². The molecule has 156 valence electrons. The second-order valence-corrected chi connectivity index (χ2v) is 7.14. The molecule has 0 aliphatic carbocycles. The summed E-state index contributed by atoms with van der Waals surface area (Å²) in [6.45, 7) is 4.23. The first-order chi connectivity index (χ1) is 14.8. The maximum absolute atomic E-state index is 13.1. The van der Waals surface area contributed by atoms with Crippen molar-refractivity contribution in [3.8, 4) is 16.9 Å². The van der Waals surface area contributed by atoms with E-state index in [4.69, 9.17) is 19.2 Å². The lowest BCUT2D eigenvalue weighted by Gasteiger charge is -2.27. The first-order valence-corrected chi connectivity index (χ1v) is 10.1. The number of rotatable bonds is 1. The Labute approximate surface area is 173 Å². The minimum atomic E-state index is -0.0497. The zero-order valence-electron chi connectivity index (χ0n) is 16.5. The van der Waals surface area contributed by atoms with Crippen LogP contribution < -0.4 is 10.1 Å². The van der Waals surface area contributed by atoms with Crippen molar-refractivity contribution in [3.05, 3.63) is 42.2 Å². The number of carbonyl (C=O) groups excluding carboxylic acids is 1. The molecule has 0 radical (unpaired) electrons. The molecule has 0 atom stereocenters. The quantitative estimate of drug-likeness (QED) is 0.654. The molecule has 1 aromatic carbocycles. The lowest BCUT2D eigenvalue weighted by atomic mass is 10.0. The van der Waals surface area contributed by atoms with Crippen LogP contribution in [-0.4, -0.2) is 78.1 Å². The minimum Gasteiger partial charge on any atom is -0.490 e. The molecular weight excluding hydrogens is 386 g/mol. The number of hydrogen-bond donors (Lipinski definition) is 1. The standard InChI is InChI=1S/C21H23N5O4/c27-21(25-6-9-29-10-7-25)16-2-1-15-13-18(16)30-12-11-28-8-4-22-19-3-5-26-20(24-19)17(15)14-23-26/h1-3,5,13-14H,4,6-12H2,(H,22,24). The molecule has 1 N–H and O–H groups in total. The van der Waals surface area contributed by atoms with E-state index in [0.29, 0.717) is 64.0 Å². The molecule has 3 aromatic rings. The van der Waals surface area contributed by atoms with E-state index < -0.39 is 0 Å². The number of morpholine rings is 1. The summed E-state index contributed by atoms with van der Waals surface area (Å²) in [6.07, 6.45) is 3.65. The Morgan fingerprint density at radius 1 is 1.03 bits per heavy atom. The monoisotopic (exact) mass is 409 g/mol. The molecule has 9 nitrogen and oxygen atoms in total. The number of anilines is 1. The molecule has 4 bridgehead atoms. The van der Waals surface area contributed by atoms with Gasteiger partial charge in [0.05, 0.1) is 38.2 Å². The van der Waals surface area contributed by atoms with Gasteiger partial charge in [-0.1, -0.05) is 6.07 Å². The van der Waals surface area contributed by atoms with Crippen molar-refractivity contribution in [2.24, 2.45) is 0 Å². The number of benzene rings is 1. The average molecular weight is 409 g/mol. The fraction of sp³-hybridized carbons (Fsp3) is 0.381. The maximum atomic E-state index is 13.1. The van der Waals surface area contributed by atoms with E-state index in [1.54, 1.807) is 15.6 Å². The average Bonchev–Trinajstić information content (AvgIpc) is 3.21. The molecule has 0 unspecified atom stereocenters. The molecule has 2 aromatic heterocycles. The van der Waals surface area contributed by atoms with Crippen molar-refractivity contribution < 1.29 is 19.0 Å². The SMILES string of the molecule is O=C(c1ccc2cc1OCCOCCNc1ccn3ncc-2c3n1)N1CCOCC1. The van der Waals surface area contributed by atoms with Crippen molar-refractivity contribution in [3.63, 3.8) is 0 Å². The van der Waals surface area contributed by atoms with Gasteiger partial charge < -0.3 is 24.4 Å². The minimum absolute atomic E-state index is 0.0497. The van der Waals surface area contributed by atoms with Crippen molar-refractivity contribution >= 4 is 17.4 Å². The largest absolute Gasteiger partial charge is 0.490 e. The zero-order chi connectivity index (χ0) is 20.3. The van der Waals surface area contributed by atoms with Gasteiger partial charge in [-0.05, 0) is 23.8 Å². The van der Waals surface area contributed by atoms with E-state index in [2.05, 4.69) is 10.4 Å². The van der Waals surface area contributed by atoms with E-state index in [-0.39, 0.29) is 5.91 Å². The molecule has 0 spiro atoms. The smallest absolute Gasteiger partial charge is 0.257 e. The number of nitrogens with zero attached hydrogens (tertiary/aromatic N) is 4. The van der Waals surface area contributed by atoms with Crippen LogP contribution in [0.5, 0.6) is 5.75 Å². The highest BCUT2D eigenvalue weighted by Gasteiger charge is 2.23. The molecular formula is C21H23N5O4. The molecule has 0 saturated carbocycles. The first kappa shape index (κ1) is 18.8. The predicted octanol–water partition coefficient (Wildman–Crippen LogP) is 1.69. The summed E-state index contributed by atoms with van der Waals surface area (Å²) in [5.41, 5.74) is 3.04. The zero-order valence-corrected chi connectivity index (χ0v) is 16.5. The molecule has 30 heavy (non-hydrogen) atoms. The molecule has 1 amide bonds. The third kappa shape index (κ3) is 3.69. The third-order valence-corrected chi connectivity index (χ3v) is 5.23. The number of aromatic nitrogens is 3. The number of carbonyl (C=O) groups is 1. The molecule has 2 aliphatic rings. The van der Waals surface area contributed by atoms with Crippen LogP contribution in [0.1, 0.15) is 10.4 Å². The van der Waals surface area contributed by atoms with Gasteiger partial charge >= 0.3 is 0 Å². The normalized spacial score (nSPS) is 17.3. The van der Waals surface area contributed by atoms with Gasteiger partial charge in [-0.25, -0.2) is 9.50 Å². The van der Waals surface area contributed by atoms with E-state index >= 15 is 0 Å². The molecule has 2 aliphatic heterocycles. The van der Waals surface area contributed by atoms with Gasteiger partial charge in [-0.2, -0.15) is 5.10 Å². The molecule has 5 rings (SSSR count). The molecule has 1 fully saturated rings. The van der Waals surface area contributed by atoms with Crippen molar-refractivity contribution in [2.75, 3.05) is 58.0 Å². The number of ether oxygens (including phenoxy) is 3. The summed E-state index contributed by atoms with van der Waals surface area (Å²) in [4.78, 5) is 19.6. The Bertz CT molecular complexity index is 1060. The van der Waals surface area contributed by atoms with E-state index in [9.17, 15) is 4.79 Å². The van der Waals surface area contributed by atoms with Crippen LogP contribution in [-0.2, 0) is 9.47 Å². The summed E-state index contributed by atoms with van der Waals surface area (Å²) >= 11 is 0. The first-order valence-electron chi connectivity index (χ1n) is 10.1. The van der Waals surface area contributed by atoms with Crippen molar-refractivity contribution in [1.29, 1.82) is 0 Å². The number of fused-ring (bicyclic) bond motifs is 4. The summed E-state index contributed by atoms with van der Waals surface area (Å²) in [5, 5.41) is 7.67. The van der Waals surface area contributed by atoms with Gasteiger partial charge in [-0.15, -0.1) is 0 Å². The van der Waals surface area contributed by atoms with Gasteiger partial charge in [0.25, 0.3) is 5.91 Å². The fourth-order valence-corrected chi connectivity index (χ4v) is 3.66. The summed E-state index contributed by atoms with van der Waals surface area (Å²) in [7, 11) is 0. The Kier molecular flexibility index (Phi) is 5.20. The number of hydrogen-bond acceptors (Lipinski definition) is 7. The summed E-state index contributed by atoms with van der Waals surface area (Å²) < 4.78 is 18.7. The van der Waals surface area contributed by atoms with Gasteiger partial charge in [-0.3, -0.25) is 4.79 Å². The number of nitrogens with one attached hydrogen (secondary N) is 1. The van der Waals surface area contributed by atoms with Gasteiger partial charge in [0, 0.05) is 31.4 Å². The van der Waals surface area contributed by atoms with Gasteiger partial charge in [0.2, 0.25) is 0 Å². The van der Waals surface area contributed by atoms with Crippen LogP contribution in [0.2, 0.25) is 0 Å². The Balaban J connectivity index is 1.56. The highest BCUT2D eigenvalue weighted by molar-refractivity contribution is 5.98. The van der Waals surface area contributed by atoms with Gasteiger partial charge in [0.1, 0.15) is 18.2 Å². The number of amides is 1. The Morgan fingerprint density at radius 3 is 2.80 bits per heavy atom. The van der Waals surface area contributed by atoms with Crippen LogP contribution in [0.3, 0.4) is 0 Å². The fourth-order valence-electron chi connectivity index (χ4n) is 3.66. The van der Waals surface area contributed by atoms with Crippen LogP contribution in [0.4, 0.5) is 5.82 Å². The predicted molar refractivity (Wildman–Crippen MR) is 110 cm³/mol. The maximum Gasteiger partial charge on any atom is 0.257 e. The van der Waals surface area contributed by atoms with Gasteiger partial charge in [0.15, 0.2) is 5.65 Å². The van der Waals surface area contributed by atoms with E-state index in [1.807, 2.05) is 30.5 Å². The molecule has 1 saturated heterocycles. The summed E-state index contributed by atoms with van der Waals surface area (Å²) in [6, 6.07) is 7.51. The Hall–Kier alpha value is -3.17. The van der Waals surface area contributed by atoms with Crippen LogP contribution >= 0.6 is 0 Å². The van der Waals surface area contributed by atoms with E-state index in [1.165, 1.54) is 0 Å². The van der Waals surface area contributed by atoms with E-state index in [0.717, 1.165) is 22.6 Å². The van der Waals surface area contributed by atoms with Crippen molar-refractivity contribution in [1.82, 2.24) is 19.5 Å². The third-order valence-electron chi connectivity index (χ3n) is 5.23. The lowest BCUT2D eigenvalue weighted by molar-refractivity contribution is 0.0299. The highest BCUT2D eigenvalue weighted by Crippen LogP contribution is 2.31. The lowest BCUT2D eigenvalue weighted by Crippen LogP contribution is -2.40. The van der Waals surface area contributed by atoms with Crippen LogP contribution in [0, 0.1) is 0 Å². The van der Waals surface area contributed by atoms with Crippen molar-refractivity contribution in [2.45, 2.75) is 0 Å². The summed E-state index contributed by atoms with van der Waals surface area (Å²) in [5.74, 6) is 1.25. The molecule has 9 heteroatoms. The van der Waals surface area contributed by atoms with Crippen LogP contribution in [0.15, 0.2) is 36.7 Å². The Morgan fingerprint density at radius 2 is 1.90 bits per heavy atom. The molecule has 4 heterocycles. The second kappa shape index (κ2) is 8.29.